The summed E-state index contributed by atoms with van der Waals surface area (Å²) in [5, 5.41) is 0. The van der Waals surface area contributed by atoms with Crippen LogP contribution in [-0.4, -0.2) is 26.8 Å². The Morgan fingerprint density at radius 2 is 1.62 bits per heavy atom. The molecule has 0 aliphatic heterocycles. The average molecular weight is 359 g/mol. The molecule has 0 unspecified atom stereocenters. The number of rotatable bonds is 7. The van der Waals surface area contributed by atoms with Gasteiger partial charge in [-0.15, -0.1) is 0 Å². The van der Waals surface area contributed by atoms with E-state index in [0.717, 1.165) is 10.0 Å². The number of ether oxygens (including phenoxy) is 3. The second-order valence-electron chi connectivity index (χ2n) is 4.70. The van der Waals surface area contributed by atoms with Crippen LogP contribution < -0.4 is 9.47 Å². The van der Waals surface area contributed by atoms with Gasteiger partial charge in [0.1, 0.15) is 0 Å². The number of hydrogen-bond acceptors (Lipinski definition) is 4. The zero-order valence-electron chi connectivity index (χ0n) is 13.3. The Morgan fingerprint density at radius 1 is 1.10 bits per heavy atom. The summed E-state index contributed by atoms with van der Waals surface area (Å²) in [6.45, 7) is 6.16. The van der Waals surface area contributed by atoms with E-state index in [1.165, 1.54) is 0 Å². The lowest BCUT2D eigenvalue weighted by atomic mass is 9.75. The molecule has 1 aromatic carbocycles. The van der Waals surface area contributed by atoms with Gasteiger partial charge in [0, 0.05) is 4.47 Å². The minimum absolute atomic E-state index is 0.206. The number of esters is 1. The van der Waals surface area contributed by atoms with Crippen LogP contribution in [0.15, 0.2) is 16.6 Å². The van der Waals surface area contributed by atoms with Gasteiger partial charge in [0.15, 0.2) is 11.5 Å². The van der Waals surface area contributed by atoms with Crippen molar-refractivity contribution >= 4 is 21.9 Å². The normalized spacial score (nSPS) is 11.1. The molecule has 0 saturated carbocycles. The van der Waals surface area contributed by atoms with E-state index in [2.05, 4.69) is 15.9 Å². The van der Waals surface area contributed by atoms with E-state index >= 15 is 0 Å². The lowest BCUT2D eigenvalue weighted by Crippen LogP contribution is -2.36. The minimum atomic E-state index is -0.686. The molecule has 0 bridgehead atoms. The van der Waals surface area contributed by atoms with Crippen molar-refractivity contribution in [3.05, 3.63) is 22.2 Å². The van der Waals surface area contributed by atoms with Gasteiger partial charge in [-0.1, -0.05) is 29.8 Å². The molecule has 1 aromatic rings. The van der Waals surface area contributed by atoms with Gasteiger partial charge in [-0.3, -0.25) is 4.79 Å². The maximum atomic E-state index is 12.5. The van der Waals surface area contributed by atoms with E-state index in [-0.39, 0.29) is 5.97 Å². The first-order valence-corrected chi connectivity index (χ1v) is 7.89. The summed E-state index contributed by atoms with van der Waals surface area (Å²) in [6.07, 6.45) is 1.30. The molecule has 1 rings (SSSR count). The summed E-state index contributed by atoms with van der Waals surface area (Å²) in [7, 11) is 3.17. The fourth-order valence-electron chi connectivity index (χ4n) is 2.52. The van der Waals surface area contributed by atoms with Gasteiger partial charge >= 0.3 is 5.97 Å². The quantitative estimate of drug-likeness (QED) is 0.688. The van der Waals surface area contributed by atoms with Crippen molar-refractivity contribution in [3.8, 4) is 11.5 Å². The molecule has 0 fully saturated rings. The largest absolute Gasteiger partial charge is 0.493 e. The van der Waals surface area contributed by atoms with E-state index in [4.69, 9.17) is 14.2 Å². The molecule has 0 N–H and O–H groups in total. The predicted molar refractivity (Wildman–Crippen MR) is 86.1 cm³/mol. The third-order valence-electron chi connectivity index (χ3n) is 3.86. The van der Waals surface area contributed by atoms with Gasteiger partial charge in [0.2, 0.25) is 0 Å². The zero-order chi connectivity index (χ0) is 16.0. The third kappa shape index (κ3) is 3.34. The monoisotopic (exact) mass is 358 g/mol. The molecule has 0 atom stereocenters. The highest BCUT2D eigenvalue weighted by atomic mass is 79.9. The van der Waals surface area contributed by atoms with Crippen LogP contribution in [0.5, 0.6) is 11.5 Å². The number of methoxy groups -OCH3 is 2. The van der Waals surface area contributed by atoms with E-state index in [1.807, 2.05) is 32.9 Å². The molecular formula is C16H23BrO4. The summed E-state index contributed by atoms with van der Waals surface area (Å²) < 4.78 is 16.8. The van der Waals surface area contributed by atoms with Crippen LogP contribution in [0.2, 0.25) is 0 Å². The van der Waals surface area contributed by atoms with Gasteiger partial charge in [0.25, 0.3) is 0 Å². The van der Waals surface area contributed by atoms with Gasteiger partial charge < -0.3 is 14.2 Å². The molecule has 0 aliphatic rings. The van der Waals surface area contributed by atoms with Gasteiger partial charge in [-0.25, -0.2) is 0 Å². The first kappa shape index (κ1) is 17.8. The minimum Gasteiger partial charge on any atom is -0.493 e. The highest BCUT2D eigenvalue weighted by Gasteiger charge is 2.40. The number of hydrogen-bond donors (Lipinski definition) is 0. The molecule has 0 aromatic heterocycles. The van der Waals surface area contributed by atoms with Crippen LogP contribution in [-0.2, 0) is 14.9 Å². The summed E-state index contributed by atoms with van der Waals surface area (Å²) in [5.41, 5.74) is 0.178. The van der Waals surface area contributed by atoms with Crippen LogP contribution >= 0.6 is 15.9 Å². The summed E-state index contributed by atoms with van der Waals surface area (Å²) in [6, 6.07) is 3.68. The maximum absolute atomic E-state index is 12.5. The molecular weight excluding hydrogens is 336 g/mol. The zero-order valence-corrected chi connectivity index (χ0v) is 14.9. The summed E-state index contributed by atoms with van der Waals surface area (Å²) in [4.78, 5) is 12.5. The topological polar surface area (TPSA) is 44.8 Å². The van der Waals surface area contributed by atoms with E-state index in [0.29, 0.717) is 30.9 Å². The Bertz CT molecular complexity index is 495. The second kappa shape index (κ2) is 7.69. The summed E-state index contributed by atoms with van der Waals surface area (Å²) in [5.74, 6) is 1.02. The fourth-order valence-corrected chi connectivity index (χ4v) is 3.22. The van der Waals surface area contributed by atoms with Crippen LogP contribution in [0.1, 0.15) is 39.2 Å². The predicted octanol–water partition coefficient (Wildman–Crippen LogP) is 4.09. The highest BCUT2D eigenvalue weighted by Crippen LogP contribution is 2.43. The van der Waals surface area contributed by atoms with E-state index in [9.17, 15) is 4.79 Å². The fraction of sp³-hybridized carbons (Fsp3) is 0.562. The van der Waals surface area contributed by atoms with Gasteiger partial charge in [0.05, 0.1) is 26.2 Å². The van der Waals surface area contributed by atoms with Crippen molar-refractivity contribution < 1.29 is 19.0 Å². The number of carbonyl (C=O) groups excluding carboxylic acids is 1. The molecule has 0 heterocycles. The van der Waals surface area contributed by atoms with Crippen LogP contribution in [0.4, 0.5) is 0 Å². The van der Waals surface area contributed by atoms with Crippen molar-refractivity contribution in [2.45, 2.75) is 39.0 Å². The smallest absolute Gasteiger partial charge is 0.316 e. The molecule has 118 valence electrons. The Kier molecular flexibility index (Phi) is 6.52. The molecule has 5 heteroatoms. The Morgan fingerprint density at radius 3 is 2.05 bits per heavy atom. The summed E-state index contributed by atoms with van der Waals surface area (Å²) >= 11 is 3.54. The van der Waals surface area contributed by atoms with Crippen molar-refractivity contribution in [1.82, 2.24) is 0 Å². The average Bonchev–Trinajstić information content (AvgIpc) is 2.50. The molecule has 21 heavy (non-hydrogen) atoms. The standard InChI is InChI=1S/C16H23BrO4/c1-6-16(7-2,15(18)21-8-3)11-9-13(19-4)14(20-5)10-12(11)17/h9-10H,6-8H2,1-5H3. The maximum Gasteiger partial charge on any atom is 0.316 e. The Balaban J connectivity index is 3.48. The number of carbonyl (C=O) groups is 1. The first-order valence-electron chi connectivity index (χ1n) is 7.09. The number of benzene rings is 1. The molecule has 0 radical (unpaired) electrons. The Labute approximate surface area is 134 Å². The molecule has 0 amide bonds. The molecule has 0 spiro atoms. The lowest BCUT2D eigenvalue weighted by molar-refractivity contribution is -0.150. The lowest BCUT2D eigenvalue weighted by Gasteiger charge is -2.31. The second-order valence-corrected chi connectivity index (χ2v) is 5.55. The Hall–Kier alpha value is -1.23. The first-order chi connectivity index (χ1) is 10.00. The van der Waals surface area contributed by atoms with Crippen molar-refractivity contribution in [2.24, 2.45) is 0 Å². The van der Waals surface area contributed by atoms with Gasteiger partial charge in [-0.2, -0.15) is 0 Å². The van der Waals surface area contributed by atoms with Crippen molar-refractivity contribution in [2.75, 3.05) is 20.8 Å². The number of halogens is 1. The molecule has 4 nitrogen and oxygen atoms in total. The van der Waals surface area contributed by atoms with Crippen LogP contribution in [0.25, 0.3) is 0 Å². The highest BCUT2D eigenvalue weighted by molar-refractivity contribution is 9.10. The van der Waals surface area contributed by atoms with Crippen molar-refractivity contribution in [1.29, 1.82) is 0 Å². The van der Waals surface area contributed by atoms with Crippen LogP contribution in [0, 0.1) is 0 Å². The van der Waals surface area contributed by atoms with E-state index in [1.54, 1.807) is 14.2 Å². The van der Waals surface area contributed by atoms with Crippen LogP contribution in [0.3, 0.4) is 0 Å². The van der Waals surface area contributed by atoms with Crippen molar-refractivity contribution in [3.63, 3.8) is 0 Å². The third-order valence-corrected chi connectivity index (χ3v) is 4.52. The SMILES string of the molecule is CCOC(=O)C(CC)(CC)c1cc(OC)c(OC)cc1Br. The van der Waals surface area contributed by atoms with E-state index < -0.39 is 5.41 Å². The molecule has 0 aliphatic carbocycles. The van der Waals surface area contributed by atoms with Gasteiger partial charge in [-0.05, 0) is 37.5 Å². The molecule has 0 saturated heterocycles.